The maximum absolute atomic E-state index is 12.6. The second-order valence-electron chi connectivity index (χ2n) is 8.32. The molecule has 2 aliphatic rings. The standard InChI is InChI=1S/C22H30N4O2/c1-15-10-16(2)12-17(11-15)26-21-5-3-4-20(19(21)13-23-26)24-22(28)14-25-8-6-18(27)7-9-25/h10-13,18,20,27H,3-9,14H2,1-2H3,(H,24,28). The molecule has 1 fully saturated rings. The monoisotopic (exact) mass is 382 g/mol. The maximum Gasteiger partial charge on any atom is 0.234 e. The van der Waals surface area contributed by atoms with Gasteiger partial charge in [-0.3, -0.25) is 9.69 Å². The molecule has 1 aliphatic heterocycles. The Labute approximate surface area is 166 Å². The fraction of sp³-hybridized carbons (Fsp3) is 0.545. The average Bonchev–Trinajstić information content (AvgIpc) is 3.08. The van der Waals surface area contributed by atoms with Gasteiger partial charge in [0.05, 0.1) is 30.6 Å². The minimum atomic E-state index is -0.212. The van der Waals surface area contributed by atoms with Gasteiger partial charge in [0, 0.05) is 24.3 Å². The van der Waals surface area contributed by atoms with Crippen LogP contribution in [0.4, 0.5) is 0 Å². The van der Waals surface area contributed by atoms with Crippen molar-refractivity contribution in [2.45, 2.75) is 58.1 Å². The zero-order valence-corrected chi connectivity index (χ0v) is 16.8. The van der Waals surface area contributed by atoms with Gasteiger partial charge in [-0.05, 0) is 69.2 Å². The first-order chi connectivity index (χ1) is 13.5. The minimum Gasteiger partial charge on any atom is -0.393 e. The van der Waals surface area contributed by atoms with Crippen LogP contribution in [0.15, 0.2) is 24.4 Å². The summed E-state index contributed by atoms with van der Waals surface area (Å²) in [5.74, 6) is 0.0633. The molecular weight excluding hydrogens is 352 g/mol. The summed E-state index contributed by atoms with van der Waals surface area (Å²) in [6, 6.07) is 6.52. The van der Waals surface area contributed by atoms with Crippen molar-refractivity contribution < 1.29 is 9.90 Å². The normalized spacial score (nSPS) is 20.8. The SMILES string of the molecule is Cc1cc(C)cc(-n2ncc3c2CCCC3NC(=O)CN2CCC(O)CC2)c1. The van der Waals surface area contributed by atoms with Gasteiger partial charge in [0.25, 0.3) is 0 Å². The molecule has 0 bridgehead atoms. The van der Waals surface area contributed by atoms with Crippen LogP contribution in [0.3, 0.4) is 0 Å². The molecule has 0 spiro atoms. The molecule has 1 aromatic carbocycles. The van der Waals surface area contributed by atoms with Crippen molar-refractivity contribution in [3.05, 3.63) is 46.8 Å². The number of fused-ring (bicyclic) bond motifs is 1. The highest BCUT2D eigenvalue weighted by Crippen LogP contribution is 2.31. The van der Waals surface area contributed by atoms with Crippen molar-refractivity contribution in [1.82, 2.24) is 20.0 Å². The lowest BCUT2D eigenvalue weighted by Crippen LogP contribution is -2.43. The molecule has 1 aliphatic carbocycles. The Kier molecular flexibility index (Phi) is 5.51. The molecule has 4 rings (SSSR count). The van der Waals surface area contributed by atoms with Gasteiger partial charge in [0.2, 0.25) is 5.91 Å². The molecule has 1 saturated heterocycles. The number of hydrogen-bond donors (Lipinski definition) is 2. The van der Waals surface area contributed by atoms with Crippen LogP contribution in [-0.2, 0) is 11.2 Å². The van der Waals surface area contributed by atoms with Gasteiger partial charge in [0.15, 0.2) is 0 Å². The summed E-state index contributed by atoms with van der Waals surface area (Å²) >= 11 is 0. The van der Waals surface area contributed by atoms with E-state index in [4.69, 9.17) is 0 Å². The first-order valence-corrected chi connectivity index (χ1v) is 10.3. The molecule has 1 aromatic heterocycles. The first-order valence-electron chi connectivity index (χ1n) is 10.3. The van der Waals surface area contributed by atoms with Crippen molar-refractivity contribution in [2.24, 2.45) is 0 Å². The molecule has 2 heterocycles. The highest BCUT2D eigenvalue weighted by Gasteiger charge is 2.27. The van der Waals surface area contributed by atoms with Gasteiger partial charge < -0.3 is 10.4 Å². The van der Waals surface area contributed by atoms with Crippen LogP contribution in [0.25, 0.3) is 5.69 Å². The Morgan fingerprint density at radius 3 is 2.61 bits per heavy atom. The van der Waals surface area contributed by atoms with Crippen molar-refractivity contribution in [3.8, 4) is 5.69 Å². The van der Waals surface area contributed by atoms with E-state index in [9.17, 15) is 9.90 Å². The summed E-state index contributed by atoms with van der Waals surface area (Å²) in [6.45, 7) is 6.19. The van der Waals surface area contributed by atoms with Gasteiger partial charge in [0.1, 0.15) is 0 Å². The summed E-state index contributed by atoms with van der Waals surface area (Å²) in [4.78, 5) is 14.7. The fourth-order valence-electron chi connectivity index (χ4n) is 4.52. The smallest absolute Gasteiger partial charge is 0.234 e. The van der Waals surface area contributed by atoms with Gasteiger partial charge in [-0.15, -0.1) is 0 Å². The molecule has 150 valence electrons. The van der Waals surface area contributed by atoms with Gasteiger partial charge >= 0.3 is 0 Å². The summed E-state index contributed by atoms with van der Waals surface area (Å²) in [7, 11) is 0. The van der Waals surface area contributed by atoms with Crippen LogP contribution in [0.2, 0.25) is 0 Å². The molecule has 6 heteroatoms. The number of aryl methyl sites for hydroxylation is 2. The zero-order chi connectivity index (χ0) is 19.7. The van der Waals surface area contributed by atoms with Crippen molar-refractivity contribution >= 4 is 5.91 Å². The summed E-state index contributed by atoms with van der Waals surface area (Å²) < 4.78 is 2.04. The van der Waals surface area contributed by atoms with Gasteiger partial charge in [-0.2, -0.15) is 5.10 Å². The fourth-order valence-corrected chi connectivity index (χ4v) is 4.52. The average molecular weight is 383 g/mol. The minimum absolute atomic E-state index is 0.0336. The Hall–Kier alpha value is -2.18. The largest absolute Gasteiger partial charge is 0.393 e. The number of likely N-dealkylation sites (tertiary alicyclic amines) is 1. The number of piperidine rings is 1. The molecular formula is C22H30N4O2. The molecule has 6 nitrogen and oxygen atoms in total. The van der Waals surface area contributed by atoms with E-state index in [1.165, 1.54) is 16.8 Å². The summed E-state index contributed by atoms with van der Waals surface area (Å²) in [5.41, 5.74) is 5.91. The van der Waals surface area contributed by atoms with Crippen LogP contribution in [0, 0.1) is 13.8 Å². The molecule has 0 saturated carbocycles. The lowest BCUT2D eigenvalue weighted by molar-refractivity contribution is -0.123. The number of rotatable bonds is 4. The van der Waals surface area contributed by atoms with Crippen molar-refractivity contribution in [2.75, 3.05) is 19.6 Å². The van der Waals surface area contributed by atoms with Crippen LogP contribution < -0.4 is 5.32 Å². The van der Waals surface area contributed by atoms with Gasteiger partial charge in [-0.1, -0.05) is 6.07 Å². The third-order valence-electron chi connectivity index (χ3n) is 5.89. The lowest BCUT2D eigenvalue weighted by atomic mass is 9.92. The molecule has 1 amide bonds. The number of carbonyl (C=O) groups is 1. The van der Waals surface area contributed by atoms with E-state index < -0.39 is 0 Å². The Bertz CT molecular complexity index is 832. The Morgan fingerprint density at radius 1 is 1.18 bits per heavy atom. The highest BCUT2D eigenvalue weighted by atomic mass is 16.3. The molecule has 1 atom stereocenters. The van der Waals surface area contributed by atoms with Crippen LogP contribution in [0.5, 0.6) is 0 Å². The third kappa shape index (κ3) is 4.13. The topological polar surface area (TPSA) is 70.4 Å². The van der Waals surface area contributed by atoms with Crippen molar-refractivity contribution in [1.29, 1.82) is 0 Å². The van der Waals surface area contributed by atoms with E-state index in [1.54, 1.807) is 0 Å². The van der Waals surface area contributed by atoms with E-state index in [-0.39, 0.29) is 18.1 Å². The zero-order valence-electron chi connectivity index (χ0n) is 16.8. The van der Waals surface area contributed by atoms with E-state index in [2.05, 4.69) is 47.4 Å². The van der Waals surface area contributed by atoms with Crippen LogP contribution in [0.1, 0.15) is 54.1 Å². The summed E-state index contributed by atoms with van der Waals surface area (Å²) in [5, 5.41) is 17.5. The van der Waals surface area contributed by atoms with Crippen LogP contribution in [-0.4, -0.2) is 51.4 Å². The number of amides is 1. The second-order valence-corrected chi connectivity index (χ2v) is 8.32. The first kappa shape index (κ1) is 19.2. The molecule has 0 radical (unpaired) electrons. The Morgan fingerprint density at radius 2 is 1.89 bits per heavy atom. The predicted molar refractivity (Wildman–Crippen MR) is 109 cm³/mol. The van der Waals surface area contributed by atoms with E-state index in [1.807, 2.05) is 10.9 Å². The number of nitrogens with one attached hydrogen (secondary N) is 1. The van der Waals surface area contributed by atoms with E-state index in [0.717, 1.165) is 56.4 Å². The number of aliphatic hydroxyl groups excluding tert-OH is 1. The molecule has 1 unspecified atom stereocenters. The number of carbonyl (C=O) groups excluding carboxylic acids is 1. The number of benzene rings is 1. The maximum atomic E-state index is 12.6. The highest BCUT2D eigenvalue weighted by molar-refractivity contribution is 5.78. The number of hydrogen-bond acceptors (Lipinski definition) is 4. The Balaban J connectivity index is 1.47. The number of aromatic nitrogens is 2. The predicted octanol–water partition coefficient (Wildman–Crippen LogP) is 2.44. The molecule has 28 heavy (non-hydrogen) atoms. The van der Waals surface area contributed by atoms with Crippen LogP contribution >= 0.6 is 0 Å². The molecule has 2 N–H and O–H groups in total. The quantitative estimate of drug-likeness (QED) is 0.852. The number of nitrogens with zero attached hydrogens (tertiary/aromatic N) is 3. The van der Waals surface area contributed by atoms with E-state index in [0.29, 0.717) is 6.54 Å². The second kappa shape index (κ2) is 8.05. The lowest BCUT2D eigenvalue weighted by Gasteiger charge is -2.30. The number of aliphatic hydroxyl groups is 1. The summed E-state index contributed by atoms with van der Waals surface area (Å²) in [6.07, 6.45) is 6.21. The third-order valence-corrected chi connectivity index (χ3v) is 5.89. The van der Waals surface area contributed by atoms with Crippen molar-refractivity contribution in [3.63, 3.8) is 0 Å². The molecule has 2 aromatic rings. The van der Waals surface area contributed by atoms with E-state index >= 15 is 0 Å². The van der Waals surface area contributed by atoms with Gasteiger partial charge in [-0.25, -0.2) is 4.68 Å².